The molecular weight excluding hydrogens is 542 g/mol. The largest absolute Gasteiger partial charge is 0.491 e. The van der Waals surface area contributed by atoms with Gasteiger partial charge in [-0.1, -0.05) is 36.4 Å². The number of nitrogens with one attached hydrogen (secondary N) is 2. The number of nitrogens with zero attached hydrogens (tertiary/aromatic N) is 1. The van der Waals surface area contributed by atoms with Crippen LogP contribution >= 0.6 is 12.2 Å². The summed E-state index contributed by atoms with van der Waals surface area (Å²) in [5.74, 6) is 2.14. The molecule has 4 rings (SSSR count). The fourth-order valence-electron chi connectivity index (χ4n) is 4.03. The molecule has 10 heteroatoms. The molecule has 0 saturated carbocycles. The van der Waals surface area contributed by atoms with E-state index in [0.717, 1.165) is 28.3 Å². The van der Waals surface area contributed by atoms with Crippen molar-refractivity contribution >= 4 is 29.1 Å². The number of para-hydroxylation sites is 1. The number of aliphatic hydroxyl groups is 1. The molecule has 218 valence electrons. The standard InChI is InChI=1S/C31H37N3O6S/c1-31(2,3)40-30(36)34(19-25(35)20-37-26-7-5-4-6-8-26)16-15-22-9-12-24(13-10-22)33-29(41)32-18-23-11-14-27-28(17-23)39-21-38-27/h4-14,17,25,35H,15-16,18-21H2,1-3H3,(H2,32,33,41)/t25-/m0/s1. The first-order valence-corrected chi connectivity index (χ1v) is 13.9. The molecule has 1 aliphatic rings. The van der Waals surface area contributed by atoms with Crippen LogP contribution in [0.5, 0.6) is 17.2 Å². The van der Waals surface area contributed by atoms with E-state index in [4.69, 9.17) is 31.2 Å². The van der Waals surface area contributed by atoms with Crippen LogP contribution in [0.1, 0.15) is 31.9 Å². The third kappa shape index (κ3) is 9.84. The van der Waals surface area contributed by atoms with E-state index in [1.165, 1.54) is 4.90 Å². The van der Waals surface area contributed by atoms with Crippen molar-refractivity contribution in [3.8, 4) is 17.2 Å². The van der Waals surface area contributed by atoms with Gasteiger partial charge < -0.3 is 39.6 Å². The van der Waals surface area contributed by atoms with Gasteiger partial charge in [0, 0.05) is 18.8 Å². The molecular formula is C31H37N3O6S. The van der Waals surface area contributed by atoms with Gasteiger partial charge in [-0.15, -0.1) is 0 Å². The minimum Gasteiger partial charge on any atom is -0.491 e. The van der Waals surface area contributed by atoms with Gasteiger partial charge in [0.05, 0.1) is 6.54 Å². The van der Waals surface area contributed by atoms with Crippen LogP contribution in [0.15, 0.2) is 72.8 Å². The lowest BCUT2D eigenvalue weighted by Gasteiger charge is -2.29. The molecule has 41 heavy (non-hydrogen) atoms. The summed E-state index contributed by atoms with van der Waals surface area (Å²) in [6.45, 7) is 6.77. The molecule has 1 atom stereocenters. The number of hydrogen-bond acceptors (Lipinski definition) is 7. The van der Waals surface area contributed by atoms with Gasteiger partial charge in [-0.25, -0.2) is 4.79 Å². The fourth-order valence-corrected chi connectivity index (χ4v) is 4.22. The van der Waals surface area contributed by atoms with E-state index in [0.29, 0.717) is 30.4 Å². The molecule has 0 aromatic heterocycles. The average molecular weight is 580 g/mol. The molecule has 3 aromatic carbocycles. The maximum Gasteiger partial charge on any atom is 0.410 e. The van der Waals surface area contributed by atoms with Crippen molar-refractivity contribution in [3.05, 3.63) is 83.9 Å². The predicted molar refractivity (Wildman–Crippen MR) is 162 cm³/mol. The van der Waals surface area contributed by atoms with Crippen LogP contribution < -0.4 is 24.8 Å². The first kappa shape index (κ1) is 30.0. The van der Waals surface area contributed by atoms with Gasteiger partial charge in [-0.05, 0) is 86.9 Å². The number of amides is 1. The number of aliphatic hydroxyl groups excluding tert-OH is 1. The van der Waals surface area contributed by atoms with Crippen LogP contribution in [-0.4, -0.2) is 59.4 Å². The number of benzene rings is 3. The second-order valence-corrected chi connectivity index (χ2v) is 11.1. The number of carbonyl (C=O) groups is 1. The lowest BCUT2D eigenvalue weighted by Crippen LogP contribution is -2.43. The van der Waals surface area contributed by atoms with Gasteiger partial charge in [0.1, 0.15) is 24.1 Å². The van der Waals surface area contributed by atoms with Gasteiger partial charge >= 0.3 is 6.09 Å². The Balaban J connectivity index is 1.26. The van der Waals surface area contributed by atoms with E-state index in [1.54, 1.807) is 0 Å². The number of carbonyl (C=O) groups excluding carboxylic acids is 1. The molecule has 0 unspecified atom stereocenters. The van der Waals surface area contributed by atoms with Crippen molar-refractivity contribution in [2.75, 3.05) is 31.8 Å². The van der Waals surface area contributed by atoms with Gasteiger partial charge in [-0.3, -0.25) is 0 Å². The summed E-state index contributed by atoms with van der Waals surface area (Å²) in [4.78, 5) is 14.4. The van der Waals surface area contributed by atoms with Crippen molar-refractivity contribution in [1.29, 1.82) is 0 Å². The van der Waals surface area contributed by atoms with Crippen molar-refractivity contribution in [1.82, 2.24) is 10.2 Å². The third-order valence-corrected chi connectivity index (χ3v) is 6.29. The summed E-state index contributed by atoms with van der Waals surface area (Å²) < 4.78 is 22.0. The molecule has 1 heterocycles. The van der Waals surface area contributed by atoms with E-state index in [1.807, 2.05) is 93.6 Å². The zero-order valence-electron chi connectivity index (χ0n) is 23.6. The van der Waals surface area contributed by atoms with Crippen LogP contribution in [-0.2, 0) is 17.7 Å². The summed E-state index contributed by atoms with van der Waals surface area (Å²) >= 11 is 5.45. The highest BCUT2D eigenvalue weighted by molar-refractivity contribution is 7.80. The molecule has 3 aromatic rings. The Hall–Kier alpha value is -4.02. The Morgan fingerprint density at radius 1 is 1.02 bits per heavy atom. The van der Waals surface area contributed by atoms with E-state index >= 15 is 0 Å². The first-order valence-electron chi connectivity index (χ1n) is 13.5. The second-order valence-electron chi connectivity index (χ2n) is 10.6. The molecule has 0 bridgehead atoms. The third-order valence-electron chi connectivity index (χ3n) is 6.04. The Labute approximate surface area is 246 Å². The molecule has 1 amide bonds. The van der Waals surface area contributed by atoms with Crippen LogP contribution in [0.25, 0.3) is 0 Å². The number of hydrogen-bond donors (Lipinski definition) is 3. The van der Waals surface area contributed by atoms with Crippen molar-refractivity contribution in [2.45, 2.75) is 45.4 Å². The fraction of sp³-hybridized carbons (Fsp3) is 0.355. The molecule has 0 aliphatic carbocycles. The van der Waals surface area contributed by atoms with Crippen LogP contribution in [0.4, 0.5) is 10.5 Å². The van der Waals surface area contributed by atoms with Gasteiger partial charge in [0.15, 0.2) is 16.6 Å². The van der Waals surface area contributed by atoms with Crippen molar-refractivity contribution in [3.63, 3.8) is 0 Å². The van der Waals surface area contributed by atoms with E-state index in [-0.39, 0.29) is 19.9 Å². The van der Waals surface area contributed by atoms with Crippen molar-refractivity contribution < 1.29 is 28.8 Å². The first-order chi connectivity index (χ1) is 19.6. The lowest BCUT2D eigenvalue weighted by molar-refractivity contribution is 0.00944. The smallest absolute Gasteiger partial charge is 0.410 e. The number of rotatable bonds is 11. The lowest BCUT2D eigenvalue weighted by atomic mass is 10.1. The summed E-state index contributed by atoms with van der Waals surface area (Å²) in [5, 5.41) is 17.5. The number of thiocarbonyl (C=S) groups is 1. The topological polar surface area (TPSA) is 102 Å². The normalized spacial score (nSPS) is 12.8. The highest BCUT2D eigenvalue weighted by Crippen LogP contribution is 2.32. The van der Waals surface area contributed by atoms with Gasteiger partial charge in [-0.2, -0.15) is 0 Å². The Bertz CT molecular complexity index is 1300. The SMILES string of the molecule is CC(C)(C)OC(=O)N(CCc1ccc(NC(=S)NCc2ccc3c(c2)OCO3)cc1)C[C@H](O)COc1ccccc1. The van der Waals surface area contributed by atoms with E-state index in [2.05, 4.69) is 10.6 Å². The predicted octanol–water partition coefficient (Wildman–Crippen LogP) is 5.12. The maximum atomic E-state index is 12.9. The highest BCUT2D eigenvalue weighted by Gasteiger charge is 2.24. The van der Waals surface area contributed by atoms with Crippen molar-refractivity contribution in [2.24, 2.45) is 0 Å². The minimum atomic E-state index is -0.875. The zero-order chi connectivity index (χ0) is 29.2. The zero-order valence-corrected chi connectivity index (χ0v) is 24.4. The minimum absolute atomic E-state index is 0.0618. The summed E-state index contributed by atoms with van der Waals surface area (Å²) in [6, 6.07) is 22.9. The monoisotopic (exact) mass is 579 g/mol. The average Bonchev–Trinajstić information content (AvgIpc) is 3.41. The summed E-state index contributed by atoms with van der Waals surface area (Å²) in [7, 11) is 0. The van der Waals surface area contributed by atoms with Gasteiger partial charge in [0.2, 0.25) is 6.79 Å². The Morgan fingerprint density at radius 2 is 1.73 bits per heavy atom. The Kier molecular flexibility index (Phi) is 10.3. The molecule has 0 saturated heterocycles. The molecule has 0 radical (unpaired) electrons. The number of anilines is 1. The highest BCUT2D eigenvalue weighted by atomic mass is 32.1. The maximum absolute atomic E-state index is 12.9. The van der Waals surface area contributed by atoms with Gasteiger partial charge in [0.25, 0.3) is 0 Å². The second kappa shape index (κ2) is 14.0. The molecule has 3 N–H and O–H groups in total. The Morgan fingerprint density at radius 3 is 2.46 bits per heavy atom. The van der Waals surface area contributed by atoms with E-state index in [9.17, 15) is 9.90 Å². The number of fused-ring (bicyclic) bond motifs is 1. The molecule has 1 aliphatic heterocycles. The summed E-state index contributed by atoms with van der Waals surface area (Å²) in [5.41, 5.74) is 2.25. The molecule has 0 spiro atoms. The molecule has 0 fully saturated rings. The number of ether oxygens (including phenoxy) is 4. The van der Waals surface area contributed by atoms with E-state index < -0.39 is 17.8 Å². The van der Waals surface area contributed by atoms with Crippen LogP contribution in [0.3, 0.4) is 0 Å². The quantitative estimate of drug-likeness (QED) is 0.267. The van der Waals surface area contributed by atoms with Crippen LogP contribution in [0, 0.1) is 0 Å². The van der Waals surface area contributed by atoms with Crippen LogP contribution in [0.2, 0.25) is 0 Å². The summed E-state index contributed by atoms with van der Waals surface area (Å²) in [6.07, 6.45) is -0.771. The molecule has 9 nitrogen and oxygen atoms in total.